The second-order valence-electron chi connectivity index (χ2n) is 3.01. The molecular formula is C10H17. The highest BCUT2D eigenvalue weighted by Crippen LogP contribution is 2.21. The van der Waals surface area contributed by atoms with Crippen LogP contribution in [0.25, 0.3) is 0 Å². The number of rotatable bonds is 3. The van der Waals surface area contributed by atoms with Crippen LogP contribution in [0.15, 0.2) is 11.6 Å². The van der Waals surface area contributed by atoms with Crippen molar-refractivity contribution in [2.75, 3.05) is 0 Å². The molecule has 1 rings (SSSR count). The average Bonchev–Trinajstić information content (AvgIpc) is 2.03. The van der Waals surface area contributed by atoms with Crippen molar-refractivity contribution in [3.63, 3.8) is 0 Å². The van der Waals surface area contributed by atoms with Crippen LogP contribution in [0.2, 0.25) is 0 Å². The first-order chi connectivity index (χ1) is 4.93. The van der Waals surface area contributed by atoms with Gasteiger partial charge in [-0.25, -0.2) is 0 Å². The van der Waals surface area contributed by atoms with E-state index in [4.69, 9.17) is 0 Å². The third-order valence-corrected chi connectivity index (χ3v) is 2.08. The summed E-state index contributed by atoms with van der Waals surface area (Å²) in [4.78, 5) is 0. The lowest BCUT2D eigenvalue weighted by Crippen LogP contribution is -1.91. The fraction of sp³-hybridized carbons (Fsp3) is 0.700. The van der Waals surface area contributed by atoms with Crippen LogP contribution in [0.3, 0.4) is 0 Å². The highest BCUT2D eigenvalue weighted by molar-refractivity contribution is 5.07. The summed E-state index contributed by atoms with van der Waals surface area (Å²) in [5, 5.41) is 0. The Morgan fingerprint density at radius 3 is 3.00 bits per heavy atom. The Labute approximate surface area is 64.3 Å². The van der Waals surface area contributed by atoms with Crippen LogP contribution in [0.1, 0.15) is 45.4 Å². The van der Waals surface area contributed by atoms with Crippen LogP contribution in [-0.4, -0.2) is 0 Å². The van der Waals surface area contributed by atoms with Gasteiger partial charge in [-0.3, -0.25) is 0 Å². The van der Waals surface area contributed by atoms with E-state index < -0.39 is 0 Å². The molecule has 1 aliphatic carbocycles. The summed E-state index contributed by atoms with van der Waals surface area (Å²) in [5.41, 5.74) is 1.67. The fourth-order valence-electron chi connectivity index (χ4n) is 1.42. The minimum atomic E-state index is 1.22. The van der Waals surface area contributed by atoms with Crippen LogP contribution in [0, 0.1) is 6.42 Å². The Morgan fingerprint density at radius 1 is 1.50 bits per heavy atom. The third kappa shape index (κ3) is 2.55. The number of hydrogen-bond donors (Lipinski definition) is 0. The molecule has 0 unspecified atom stereocenters. The van der Waals surface area contributed by atoms with Gasteiger partial charge in [-0.1, -0.05) is 25.0 Å². The van der Waals surface area contributed by atoms with Gasteiger partial charge in [0.2, 0.25) is 0 Å². The minimum Gasteiger partial charge on any atom is -0.0853 e. The predicted octanol–water partition coefficient (Wildman–Crippen LogP) is 3.49. The van der Waals surface area contributed by atoms with Gasteiger partial charge in [0.15, 0.2) is 0 Å². The smallest absolute Gasteiger partial charge is 0.0289 e. The van der Waals surface area contributed by atoms with E-state index >= 15 is 0 Å². The van der Waals surface area contributed by atoms with Gasteiger partial charge in [0, 0.05) is 0 Å². The molecule has 0 N–H and O–H groups in total. The van der Waals surface area contributed by atoms with E-state index in [2.05, 4.69) is 19.4 Å². The summed E-state index contributed by atoms with van der Waals surface area (Å²) in [7, 11) is 0. The van der Waals surface area contributed by atoms with E-state index in [1.807, 2.05) is 0 Å². The first-order valence-corrected chi connectivity index (χ1v) is 4.43. The second kappa shape index (κ2) is 4.54. The molecule has 0 saturated carbocycles. The largest absolute Gasteiger partial charge is 0.0853 e. The van der Waals surface area contributed by atoms with Gasteiger partial charge in [0.05, 0.1) is 0 Å². The van der Waals surface area contributed by atoms with Gasteiger partial charge < -0.3 is 0 Å². The zero-order valence-corrected chi connectivity index (χ0v) is 6.90. The average molecular weight is 137 g/mol. The fourth-order valence-corrected chi connectivity index (χ4v) is 1.42. The Kier molecular flexibility index (Phi) is 3.56. The van der Waals surface area contributed by atoms with Crippen molar-refractivity contribution in [1.29, 1.82) is 0 Å². The SMILES string of the molecule is CC[CH]CC1=CCCCC1. The van der Waals surface area contributed by atoms with Gasteiger partial charge in [-0.2, -0.15) is 0 Å². The number of unbranched alkanes of at least 4 members (excludes halogenated alkanes) is 1. The second-order valence-corrected chi connectivity index (χ2v) is 3.01. The molecule has 57 valence electrons. The van der Waals surface area contributed by atoms with Crippen LogP contribution >= 0.6 is 0 Å². The van der Waals surface area contributed by atoms with Gasteiger partial charge in [0.1, 0.15) is 0 Å². The maximum atomic E-state index is 2.43. The molecule has 0 bridgehead atoms. The van der Waals surface area contributed by atoms with Gasteiger partial charge in [-0.05, 0) is 38.5 Å². The summed E-state index contributed by atoms with van der Waals surface area (Å²) in [6, 6.07) is 0. The van der Waals surface area contributed by atoms with E-state index in [1.54, 1.807) is 5.57 Å². The normalized spacial score (nSPS) is 18.7. The quantitative estimate of drug-likeness (QED) is 0.522. The third-order valence-electron chi connectivity index (χ3n) is 2.08. The molecule has 0 amide bonds. The summed E-state index contributed by atoms with van der Waals surface area (Å²) < 4.78 is 0. The molecule has 0 fully saturated rings. The lowest BCUT2D eigenvalue weighted by molar-refractivity contribution is 0.683. The Balaban J connectivity index is 2.18. The van der Waals surface area contributed by atoms with Crippen LogP contribution in [0.5, 0.6) is 0 Å². The molecule has 0 nitrogen and oxygen atoms in total. The zero-order valence-electron chi connectivity index (χ0n) is 6.90. The molecule has 0 aromatic heterocycles. The van der Waals surface area contributed by atoms with Crippen molar-refractivity contribution in [2.45, 2.75) is 45.4 Å². The molecule has 0 aliphatic heterocycles. The molecule has 10 heavy (non-hydrogen) atoms. The lowest BCUT2D eigenvalue weighted by atomic mass is 9.96. The van der Waals surface area contributed by atoms with Crippen molar-refractivity contribution >= 4 is 0 Å². The highest BCUT2D eigenvalue weighted by atomic mass is 14.1. The van der Waals surface area contributed by atoms with E-state index in [-0.39, 0.29) is 0 Å². The Bertz CT molecular complexity index is 111. The minimum absolute atomic E-state index is 1.22. The number of hydrogen-bond acceptors (Lipinski definition) is 0. The topological polar surface area (TPSA) is 0 Å². The van der Waals surface area contributed by atoms with E-state index in [9.17, 15) is 0 Å². The molecule has 0 spiro atoms. The predicted molar refractivity (Wildman–Crippen MR) is 45.8 cm³/mol. The first-order valence-electron chi connectivity index (χ1n) is 4.43. The Hall–Kier alpha value is -0.260. The Morgan fingerprint density at radius 2 is 2.40 bits per heavy atom. The highest BCUT2D eigenvalue weighted by Gasteiger charge is 2.01. The van der Waals surface area contributed by atoms with Crippen LogP contribution in [-0.2, 0) is 0 Å². The van der Waals surface area contributed by atoms with Crippen molar-refractivity contribution < 1.29 is 0 Å². The molecule has 0 aromatic rings. The molecule has 0 heterocycles. The summed E-state index contributed by atoms with van der Waals surface area (Å²) >= 11 is 0. The zero-order chi connectivity index (χ0) is 7.23. The molecule has 0 heteroatoms. The van der Waals surface area contributed by atoms with E-state index in [0.717, 1.165) is 0 Å². The van der Waals surface area contributed by atoms with Crippen LogP contribution in [0.4, 0.5) is 0 Å². The van der Waals surface area contributed by atoms with Crippen molar-refractivity contribution in [3.05, 3.63) is 18.1 Å². The lowest BCUT2D eigenvalue weighted by Gasteiger charge is -2.11. The van der Waals surface area contributed by atoms with Gasteiger partial charge in [0.25, 0.3) is 0 Å². The molecule has 0 aromatic carbocycles. The van der Waals surface area contributed by atoms with Crippen molar-refractivity contribution in [3.8, 4) is 0 Å². The van der Waals surface area contributed by atoms with Crippen LogP contribution < -0.4 is 0 Å². The van der Waals surface area contributed by atoms with Crippen molar-refractivity contribution in [1.82, 2.24) is 0 Å². The van der Waals surface area contributed by atoms with Crippen molar-refractivity contribution in [2.24, 2.45) is 0 Å². The first kappa shape index (κ1) is 7.84. The summed E-state index contributed by atoms with van der Waals surface area (Å²) in [6.07, 6.45) is 12.8. The summed E-state index contributed by atoms with van der Waals surface area (Å²) in [5.74, 6) is 0. The molecule has 1 radical (unpaired) electrons. The molecule has 0 saturated heterocycles. The maximum Gasteiger partial charge on any atom is -0.0289 e. The van der Waals surface area contributed by atoms with E-state index in [0.29, 0.717) is 0 Å². The summed E-state index contributed by atoms with van der Waals surface area (Å²) in [6.45, 7) is 2.21. The standard InChI is InChI=1S/C10H17/c1-2-3-7-10-8-5-4-6-9-10/h3,8H,2,4-7,9H2,1H3. The van der Waals surface area contributed by atoms with E-state index in [1.165, 1.54) is 38.5 Å². The maximum absolute atomic E-state index is 2.43. The molecule has 0 atom stereocenters. The van der Waals surface area contributed by atoms with Gasteiger partial charge in [-0.15, -0.1) is 0 Å². The number of allylic oxidation sites excluding steroid dienone is 2. The monoisotopic (exact) mass is 137 g/mol. The molecule has 1 aliphatic rings. The molecular weight excluding hydrogens is 120 g/mol. The van der Waals surface area contributed by atoms with Gasteiger partial charge >= 0.3 is 0 Å².